The second kappa shape index (κ2) is 6.91. The molecule has 118 valence electrons. The summed E-state index contributed by atoms with van der Waals surface area (Å²) in [6.07, 6.45) is 2.08. The lowest BCUT2D eigenvalue weighted by atomic mass is 10.1. The number of carbonyl (C=O) groups excluding carboxylic acids is 1. The van der Waals surface area contributed by atoms with Crippen LogP contribution in [0.25, 0.3) is 11.1 Å². The van der Waals surface area contributed by atoms with Crippen LogP contribution in [0.3, 0.4) is 0 Å². The number of amides is 1. The van der Waals surface area contributed by atoms with Crippen molar-refractivity contribution in [1.82, 2.24) is 10.3 Å². The third-order valence-electron chi connectivity index (χ3n) is 3.30. The molecule has 0 aliphatic carbocycles. The molecule has 1 aromatic heterocycles. The molecule has 0 atom stereocenters. The molecule has 0 unspecified atom stereocenters. The van der Waals surface area contributed by atoms with Gasteiger partial charge in [-0.2, -0.15) is 0 Å². The lowest BCUT2D eigenvalue weighted by molar-refractivity contribution is -0.123. The number of carbonyl (C=O) groups is 1. The molecule has 0 spiro atoms. The molecule has 1 heterocycles. The Kier molecular flexibility index (Phi) is 4.52. The fourth-order valence-electron chi connectivity index (χ4n) is 2.16. The van der Waals surface area contributed by atoms with E-state index in [9.17, 15) is 9.18 Å². The third kappa shape index (κ3) is 4.06. The highest BCUT2D eigenvalue weighted by Crippen LogP contribution is 2.14. The number of rotatable bonds is 6. The smallest absolute Gasteiger partial charge is 0.257 e. The Hall–Kier alpha value is -2.89. The number of aromatic nitrogens is 1. The van der Waals surface area contributed by atoms with Gasteiger partial charge >= 0.3 is 0 Å². The first-order valence-electron chi connectivity index (χ1n) is 7.18. The van der Waals surface area contributed by atoms with Crippen molar-refractivity contribution in [1.29, 1.82) is 0 Å². The lowest BCUT2D eigenvalue weighted by Gasteiger charge is -2.07. The minimum absolute atomic E-state index is 0.147. The quantitative estimate of drug-likeness (QED) is 0.760. The van der Waals surface area contributed by atoms with Gasteiger partial charge in [-0.3, -0.25) is 4.79 Å². The van der Waals surface area contributed by atoms with Gasteiger partial charge in [-0.15, -0.1) is 0 Å². The molecule has 6 heteroatoms. The van der Waals surface area contributed by atoms with Gasteiger partial charge in [0.05, 0.1) is 0 Å². The topological polar surface area (TPSA) is 64.4 Å². The largest absolute Gasteiger partial charge is 0.484 e. The van der Waals surface area contributed by atoms with Crippen LogP contribution in [0.1, 0.15) is 5.56 Å². The monoisotopic (exact) mass is 314 g/mol. The number of fused-ring (bicyclic) bond motifs is 1. The maximum atomic E-state index is 13.0. The highest BCUT2D eigenvalue weighted by atomic mass is 19.1. The Balaban J connectivity index is 1.43. The second-order valence-corrected chi connectivity index (χ2v) is 5.00. The Labute approximate surface area is 132 Å². The molecule has 0 bridgehead atoms. The average Bonchev–Trinajstić information content (AvgIpc) is 3.01. The fourth-order valence-corrected chi connectivity index (χ4v) is 2.16. The molecule has 0 aliphatic heterocycles. The van der Waals surface area contributed by atoms with E-state index in [2.05, 4.69) is 10.3 Å². The van der Waals surface area contributed by atoms with Crippen LogP contribution in [0.15, 0.2) is 53.3 Å². The van der Waals surface area contributed by atoms with Crippen LogP contribution in [0.5, 0.6) is 5.75 Å². The molecule has 3 rings (SSSR count). The molecule has 5 nitrogen and oxygen atoms in total. The molecule has 0 aliphatic rings. The van der Waals surface area contributed by atoms with Crippen LogP contribution < -0.4 is 10.1 Å². The minimum atomic E-state index is -0.397. The number of benzene rings is 2. The summed E-state index contributed by atoms with van der Waals surface area (Å²) in [6, 6.07) is 11.4. The van der Waals surface area contributed by atoms with E-state index in [0.29, 0.717) is 18.7 Å². The van der Waals surface area contributed by atoms with Gasteiger partial charge in [0.2, 0.25) is 0 Å². The zero-order chi connectivity index (χ0) is 16.1. The molecule has 0 radical (unpaired) electrons. The van der Waals surface area contributed by atoms with Gasteiger partial charge in [-0.25, -0.2) is 9.37 Å². The van der Waals surface area contributed by atoms with Crippen LogP contribution in [0.2, 0.25) is 0 Å². The molecular formula is C17H15FN2O3. The number of ether oxygens (including phenoxy) is 1. The summed E-state index contributed by atoms with van der Waals surface area (Å²) < 4.78 is 23.4. The first-order chi connectivity index (χ1) is 11.2. The zero-order valence-corrected chi connectivity index (χ0v) is 12.3. The number of hydrogen-bond donors (Lipinski definition) is 1. The van der Waals surface area contributed by atoms with E-state index in [1.54, 1.807) is 6.07 Å². The molecule has 0 saturated heterocycles. The lowest BCUT2D eigenvalue weighted by Crippen LogP contribution is -2.30. The van der Waals surface area contributed by atoms with E-state index >= 15 is 0 Å². The van der Waals surface area contributed by atoms with E-state index < -0.39 is 5.82 Å². The Morgan fingerprint density at radius 3 is 3.04 bits per heavy atom. The van der Waals surface area contributed by atoms with Gasteiger partial charge in [0.15, 0.2) is 18.6 Å². The fraction of sp³-hybridized carbons (Fsp3) is 0.176. The summed E-state index contributed by atoms with van der Waals surface area (Å²) in [5.41, 5.74) is 2.59. The predicted molar refractivity (Wildman–Crippen MR) is 82.6 cm³/mol. The standard InChI is InChI=1S/C17H15FN2O3/c18-13-2-1-3-14(9-13)22-10-17(21)19-7-6-12-4-5-16-15(8-12)20-11-23-16/h1-5,8-9,11H,6-7,10H2,(H,19,21). The summed E-state index contributed by atoms with van der Waals surface area (Å²) in [6.45, 7) is 0.334. The van der Waals surface area contributed by atoms with Crippen LogP contribution in [0, 0.1) is 5.82 Å². The zero-order valence-electron chi connectivity index (χ0n) is 12.3. The Morgan fingerprint density at radius 1 is 1.26 bits per heavy atom. The summed E-state index contributed by atoms with van der Waals surface area (Å²) in [5.74, 6) is -0.320. The third-order valence-corrected chi connectivity index (χ3v) is 3.30. The molecule has 1 amide bonds. The SMILES string of the molecule is O=C(COc1cccc(F)c1)NCCc1ccc2ocnc2c1. The maximum absolute atomic E-state index is 13.0. The van der Waals surface area contributed by atoms with E-state index in [0.717, 1.165) is 16.7 Å². The highest BCUT2D eigenvalue weighted by molar-refractivity contribution is 5.77. The van der Waals surface area contributed by atoms with Gasteiger partial charge in [-0.05, 0) is 36.2 Å². The second-order valence-electron chi connectivity index (χ2n) is 5.00. The van der Waals surface area contributed by atoms with Crippen molar-refractivity contribution in [2.45, 2.75) is 6.42 Å². The normalized spacial score (nSPS) is 10.7. The molecule has 2 aromatic carbocycles. The summed E-state index contributed by atoms with van der Waals surface area (Å²) in [5, 5.41) is 2.76. The van der Waals surface area contributed by atoms with Gasteiger partial charge in [0, 0.05) is 12.6 Å². The van der Waals surface area contributed by atoms with Crippen molar-refractivity contribution in [3.8, 4) is 5.75 Å². The number of halogens is 1. The number of hydrogen-bond acceptors (Lipinski definition) is 4. The Morgan fingerprint density at radius 2 is 2.17 bits per heavy atom. The van der Waals surface area contributed by atoms with E-state index in [-0.39, 0.29) is 12.5 Å². The highest BCUT2D eigenvalue weighted by Gasteiger charge is 2.04. The van der Waals surface area contributed by atoms with Gasteiger partial charge in [0.25, 0.3) is 5.91 Å². The molecule has 1 N–H and O–H groups in total. The van der Waals surface area contributed by atoms with Gasteiger partial charge in [-0.1, -0.05) is 12.1 Å². The van der Waals surface area contributed by atoms with Crippen molar-refractivity contribution >= 4 is 17.0 Å². The van der Waals surface area contributed by atoms with Gasteiger partial charge in [0.1, 0.15) is 17.1 Å². The molecule has 3 aromatic rings. The van der Waals surface area contributed by atoms with Crippen molar-refractivity contribution in [3.05, 3.63) is 60.2 Å². The van der Waals surface area contributed by atoms with E-state index in [1.807, 2.05) is 18.2 Å². The first-order valence-corrected chi connectivity index (χ1v) is 7.18. The van der Waals surface area contributed by atoms with Crippen molar-refractivity contribution in [3.63, 3.8) is 0 Å². The van der Waals surface area contributed by atoms with Crippen LogP contribution >= 0.6 is 0 Å². The van der Waals surface area contributed by atoms with Crippen LogP contribution in [0.4, 0.5) is 4.39 Å². The number of nitrogens with one attached hydrogen (secondary N) is 1. The first kappa shape index (κ1) is 15.0. The van der Waals surface area contributed by atoms with Crippen molar-refractivity contribution < 1.29 is 18.3 Å². The maximum Gasteiger partial charge on any atom is 0.257 e. The van der Waals surface area contributed by atoms with Crippen LogP contribution in [-0.2, 0) is 11.2 Å². The van der Waals surface area contributed by atoms with E-state index in [1.165, 1.54) is 24.6 Å². The predicted octanol–water partition coefficient (Wildman–Crippen LogP) is 2.70. The number of oxazole rings is 1. The molecule has 0 saturated carbocycles. The van der Waals surface area contributed by atoms with Crippen molar-refractivity contribution in [2.75, 3.05) is 13.2 Å². The number of nitrogens with zero attached hydrogens (tertiary/aromatic N) is 1. The molecule has 23 heavy (non-hydrogen) atoms. The van der Waals surface area contributed by atoms with Gasteiger partial charge < -0.3 is 14.5 Å². The molecular weight excluding hydrogens is 299 g/mol. The van der Waals surface area contributed by atoms with Crippen LogP contribution in [-0.4, -0.2) is 24.0 Å². The minimum Gasteiger partial charge on any atom is -0.484 e. The average molecular weight is 314 g/mol. The summed E-state index contributed by atoms with van der Waals surface area (Å²) in [7, 11) is 0. The summed E-state index contributed by atoms with van der Waals surface area (Å²) >= 11 is 0. The summed E-state index contributed by atoms with van der Waals surface area (Å²) in [4.78, 5) is 15.8. The Bertz CT molecular complexity index is 816. The van der Waals surface area contributed by atoms with E-state index in [4.69, 9.17) is 9.15 Å². The molecule has 0 fully saturated rings. The van der Waals surface area contributed by atoms with Crippen molar-refractivity contribution in [2.24, 2.45) is 0 Å².